The van der Waals surface area contributed by atoms with Crippen LogP contribution in [0, 0.1) is 9.52 Å². The van der Waals surface area contributed by atoms with Gasteiger partial charge >= 0.3 is 0 Å². The highest BCUT2D eigenvalue weighted by atomic mass is 127. The summed E-state index contributed by atoms with van der Waals surface area (Å²) in [6.45, 7) is 0. The summed E-state index contributed by atoms with van der Waals surface area (Å²) in [7, 11) is 0. The number of ether oxygens (including phenoxy) is 1. The fourth-order valence-electron chi connectivity index (χ4n) is 0.847. The molecule has 1 aromatic heterocycles. The molecule has 1 fully saturated rings. The molecule has 64 valence electrons. The summed E-state index contributed by atoms with van der Waals surface area (Å²) in [6.07, 6.45) is 3.73. The van der Waals surface area contributed by atoms with E-state index < -0.39 is 0 Å². The number of aromatic nitrogens is 1. The molecular weight excluding hydrogens is 272 g/mol. The lowest BCUT2D eigenvalue weighted by Crippen LogP contribution is -1.99. The highest BCUT2D eigenvalue weighted by Gasteiger charge is 2.24. The number of hydrogen-bond acceptors (Lipinski definition) is 2. The number of halogens is 2. The summed E-state index contributed by atoms with van der Waals surface area (Å²) in [4.78, 5) is 3.94. The smallest absolute Gasteiger partial charge is 0.173 e. The van der Waals surface area contributed by atoms with Crippen molar-refractivity contribution in [2.75, 3.05) is 0 Å². The lowest BCUT2D eigenvalue weighted by atomic mass is 10.4. The van der Waals surface area contributed by atoms with Crippen molar-refractivity contribution in [3.8, 4) is 5.75 Å². The second kappa shape index (κ2) is 3.16. The van der Waals surface area contributed by atoms with E-state index in [4.69, 9.17) is 4.74 Å². The molecule has 0 N–H and O–H groups in total. The van der Waals surface area contributed by atoms with Crippen molar-refractivity contribution >= 4 is 22.6 Å². The molecule has 0 spiro atoms. The van der Waals surface area contributed by atoms with Gasteiger partial charge in [0.15, 0.2) is 11.6 Å². The largest absolute Gasteiger partial charge is 0.486 e. The first-order valence-corrected chi connectivity index (χ1v) is 4.81. The molecule has 0 aromatic carbocycles. The van der Waals surface area contributed by atoms with E-state index in [1.807, 2.05) is 22.6 Å². The van der Waals surface area contributed by atoms with Crippen molar-refractivity contribution in [2.24, 2.45) is 0 Å². The third kappa shape index (κ3) is 1.85. The van der Waals surface area contributed by atoms with Crippen molar-refractivity contribution < 1.29 is 9.13 Å². The fraction of sp³-hybridized carbons (Fsp3) is 0.375. The van der Waals surface area contributed by atoms with Crippen LogP contribution in [0.25, 0.3) is 0 Å². The molecule has 0 saturated heterocycles. The van der Waals surface area contributed by atoms with Crippen LogP contribution in [0.1, 0.15) is 12.8 Å². The number of nitrogens with zero attached hydrogens (tertiary/aromatic N) is 1. The van der Waals surface area contributed by atoms with Crippen molar-refractivity contribution in [1.82, 2.24) is 4.98 Å². The number of rotatable bonds is 2. The Hall–Kier alpha value is -0.390. The van der Waals surface area contributed by atoms with Gasteiger partial charge in [0, 0.05) is 6.07 Å². The van der Waals surface area contributed by atoms with Crippen LogP contribution in [0.4, 0.5) is 4.39 Å². The Labute approximate surface area is 83.3 Å². The molecule has 2 rings (SSSR count). The highest BCUT2D eigenvalue weighted by molar-refractivity contribution is 14.1. The normalized spacial score (nSPS) is 16.2. The van der Waals surface area contributed by atoms with E-state index >= 15 is 0 Å². The van der Waals surface area contributed by atoms with Crippen LogP contribution in [0.5, 0.6) is 5.75 Å². The van der Waals surface area contributed by atoms with Crippen LogP contribution >= 0.6 is 22.6 Å². The van der Waals surface area contributed by atoms with E-state index in [-0.39, 0.29) is 17.7 Å². The fourth-order valence-corrected chi connectivity index (χ4v) is 1.26. The molecule has 4 heteroatoms. The third-order valence-corrected chi connectivity index (χ3v) is 2.19. The molecule has 2 nitrogen and oxygen atoms in total. The number of hydrogen-bond donors (Lipinski definition) is 0. The topological polar surface area (TPSA) is 22.1 Å². The average molecular weight is 279 g/mol. The summed E-state index contributed by atoms with van der Waals surface area (Å²) in [5.41, 5.74) is 0. The van der Waals surface area contributed by atoms with Crippen LogP contribution in [0.2, 0.25) is 0 Å². The van der Waals surface area contributed by atoms with Crippen molar-refractivity contribution in [2.45, 2.75) is 18.9 Å². The Morgan fingerprint density at radius 2 is 2.33 bits per heavy atom. The summed E-state index contributed by atoms with van der Waals surface area (Å²) in [5.74, 6) is -0.0424. The van der Waals surface area contributed by atoms with E-state index in [2.05, 4.69) is 4.98 Å². The second-order valence-electron chi connectivity index (χ2n) is 2.75. The van der Waals surface area contributed by atoms with Crippen molar-refractivity contribution in [1.29, 1.82) is 0 Å². The Morgan fingerprint density at radius 1 is 1.58 bits per heavy atom. The maximum absolute atomic E-state index is 13.1. The number of pyridine rings is 1. The monoisotopic (exact) mass is 279 g/mol. The van der Waals surface area contributed by atoms with Crippen LogP contribution in [-0.2, 0) is 0 Å². The van der Waals surface area contributed by atoms with Gasteiger partial charge in [-0.1, -0.05) is 0 Å². The first-order valence-electron chi connectivity index (χ1n) is 3.73. The first-order chi connectivity index (χ1) is 5.75. The zero-order chi connectivity index (χ0) is 8.55. The Balaban J connectivity index is 2.18. The predicted molar refractivity (Wildman–Crippen MR) is 50.6 cm³/mol. The molecule has 12 heavy (non-hydrogen) atoms. The average Bonchev–Trinajstić information content (AvgIpc) is 2.79. The molecule has 1 aliphatic rings. The molecule has 1 heterocycles. The van der Waals surface area contributed by atoms with Crippen LogP contribution < -0.4 is 4.74 Å². The predicted octanol–water partition coefficient (Wildman–Crippen LogP) is 2.37. The quantitative estimate of drug-likeness (QED) is 0.612. The Morgan fingerprint density at radius 3 is 2.92 bits per heavy atom. The van der Waals surface area contributed by atoms with E-state index in [1.165, 1.54) is 12.3 Å². The zero-order valence-electron chi connectivity index (χ0n) is 6.26. The molecule has 1 aromatic rings. The highest BCUT2D eigenvalue weighted by Crippen LogP contribution is 2.28. The van der Waals surface area contributed by atoms with Gasteiger partial charge in [-0.15, -0.1) is 0 Å². The molecule has 1 saturated carbocycles. The SMILES string of the molecule is Fc1cc(I)ncc1OC1CC1. The minimum absolute atomic E-state index is 0.223. The van der Waals surface area contributed by atoms with Gasteiger partial charge in [0.05, 0.1) is 12.3 Å². The van der Waals surface area contributed by atoms with Gasteiger partial charge in [-0.05, 0) is 35.4 Å². The van der Waals surface area contributed by atoms with Gasteiger partial charge in [-0.2, -0.15) is 0 Å². The van der Waals surface area contributed by atoms with Crippen LogP contribution in [-0.4, -0.2) is 11.1 Å². The maximum atomic E-state index is 13.1. The van der Waals surface area contributed by atoms with Gasteiger partial charge in [0.1, 0.15) is 3.70 Å². The first kappa shape index (κ1) is 8.22. The molecule has 0 bridgehead atoms. The van der Waals surface area contributed by atoms with Crippen LogP contribution in [0.3, 0.4) is 0 Å². The van der Waals surface area contributed by atoms with E-state index in [0.717, 1.165) is 12.8 Å². The minimum atomic E-state index is -0.318. The van der Waals surface area contributed by atoms with E-state index in [9.17, 15) is 4.39 Å². The third-order valence-electron chi connectivity index (χ3n) is 1.60. The summed E-state index contributed by atoms with van der Waals surface area (Å²) in [6, 6.07) is 1.37. The van der Waals surface area contributed by atoms with Crippen molar-refractivity contribution in [3.05, 3.63) is 21.8 Å². The molecule has 0 unspecified atom stereocenters. The van der Waals surface area contributed by atoms with E-state index in [0.29, 0.717) is 3.70 Å². The van der Waals surface area contributed by atoms with Gasteiger partial charge in [-0.25, -0.2) is 9.37 Å². The van der Waals surface area contributed by atoms with Crippen molar-refractivity contribution in [3.63, 3.8) is 0 Å². The van der Waals surface area contributed by atoms with E-state index in [1.54, 1.807) is 0 Å². The summed E-state index contributed by atoms with van der Waals surface area (Å²) < 4.78 is 19.0. The van der Waals surface area contributed by atoms with Gasteiger partial charge in [0.2, 0.25) is 0 Å². The molecule has 0 amide bonds. The zero-order valence-corrected chi connectivity index (χ0v) is 8.42. The molecule has 0 radical (unpaired) electrons. The lowest BCUT2D eigenvalue weighted by Gasteiger charge is -2.03. The summed E-state index contributed by atoms with van der Waals surface area (Å²) in [5, 5.41) is 0. The molecule has 0 atom stereocenters. The van der Waals surface area contributed by atoms with Gasteiger partial charge in [-0.3, -0.25) is 0 Å². The maximum Gasteiger partial charge on any atom is 0.173 e. The standard InChI is InChI=1S/C8H7FINO/c9-6-3-8(10)11-4-7(6)12-5-1-2-5/h3-5H,1-2H2. The second-order valence-corrected chi connectivity index (χ2v) is 3.86. The molecule has 0 aliphatic heterocycles. The summed E-state index contributed by atoms with van der Waals surface area (Å²) >= 11 is 1.96. The molecule has 1 aliphatic carbocycles. The lowest BCUT2D eigenvalue weighted by molar-refractivity contribution is 0.286. The Bertz CT molecular complexity index is 301. The van der Waals surface area contributed by atoms with Gasteiger partial charge < -0.3 is 4.74 Å². The Kier molecular flexibility index (Phi) is 2.16. The minimum Gasteiger partial charge on any atom is -0.486 e. The van der Waals surface area contributed by atoms with Crippen LogP contribution in [0.15, 0.2) is 12.3 Å². The van der Waals surface area contributed by atoms with Gasteiger partial charge in [0.25, 0.3) is 0 Å². The molecular formula is C8H7FINO.